The summed E-state index contributed by atoms with van der Waals surface area (Å²) in [5.74, 6) is 2.82. The van der Waals surface area contributed by atoms with Crippen LogP contribution in [0.15, 0.2) is 0 Å². The number of hydrogen-bond donors (Lipinski definition) is 0. The van der Waals surface area contributed by atoms with Gasteiger partial charge < -0.3 is 14.2 Å². The Labute approximate surface area is 117 Å². The van der Waals surface area contributed by atoms with Crippen molar-refractivity contribution in [3.8, 4) is 0 Å². The summed E-state index contributed by atoms with van der Waals surface area (Å²) < 4.78 is 17.8. The standard InChI is InChI=1S/C16H28O3/c1-10-7-8-12-5-4-6-13-11(2)16(17-3)19-14(9-18-10)15(12)13/h10-16H,4-9H2,1-3H3/t10?,11-,12-,13+,14-,15?,16+/m1/s1. The highest BCUT2D eigenvalue weighted by molar-refractivity contribution is 4.94. The predicted molar refractivity (Wildman–Crippen MR) is 73.8 cm³/mol. The first-order valence-corrected chi connectivity index (χ1v) is 8.00. The minimum Gasteiger partial charge on any atom is -0.376 e. The average Bonchev–Trinajstić information content (AvgIpc) is 2.42. The molecule has 0 aromatic heterocycles. The van der Waals surface area contributed by atoms with Crippen LogP contribution in [0.1, 0.15) is 46.0 Å². The first-order valence-electron chi connectivity index (χ1n) is 8.00. The molecule has 0 aromatic carbocycles. The molecule has 0 spiro atoms. The van der Waals surface area contributed by atoms with Gasteiger partial charge in [-0.25, -0.2) is 0 Å². The molecular weight excluding hydrogens is 240 g/mol. The quantitative estimate of drug-likeness (QED) is 0.731. The van der Waals surface area contributed by atoms with Crippen LogP contribution in [-0.4, -0.2) is 32.2 Å². The summed E-state index contributed by atoms with van der Waals surface area (Å²) in [6.07, 6.45) is 7.23. The van der Waals surface area contributed by atoms with Gasteiger partial charge in [0.15, 0.2) is 6.29 Å². The Hall–Kier alpha value is -0.120. The molecule has 2 aliphatic heterocycles. The molecule has 3 rings (SSSR count). The first-order chi connectivity index (χ1) is 9.20. The number of methoxy groups -OCH3 is 1. The third kappa shape index (κ3) is 2.57. The second kappa shape index (κ2) is 5.71. The average molecular weight is 268 g/mol. The zero-order valence-corrected chi connectivity index (χ0v) is 12.5. The van der Waals surface area contributed by atoms with Gasteiger partial charge in [-0.3, -0.25) is 0 Å². The molecule has 1 saturated carbocycles. The van der Waals surface area contributed by atoms with Gasteiger partial charge in [-0.2, -0.15) is 0 Å². The van der Waals surface area contributed by atoms with Crippen LogP contribution in [0, 0.1) is 23.7 Å². The summed E-state index contributed by atoms with van der Waals surface area (Å²) in [6, 6.07) is 0. The van der Waals surface area contributed by atoms with Gasteiger partial charge in [0.1, 0.15) is 0 Å². The Morgan fingerprint density at radius 3 is 2.68 bits per heavy atom. The van der Waals surface area contributed by atoms with E-state index < -0.39 is 0 Å². The van der Waals surface area contributed by atoms with Crippen LogP contribution in [0.25, 0.3) is 0 Å². The Bertz CT molecular complexity index is 306. The van der Waals surface area contributed by atoms with E-state index in [1.54, 1.807) is 7.11 Å². The van der Waals surface area contributed by atoms with E-state index in [4.69, 9.17) is 14.2 Å². The van der Waals surface area contributed by atoms with Crippen LogP contribution in [0.4, 0.5) is 0 Å². The molecule has 0 aromatic rings. The summed E-state index contributed by atoms with van der Waals surface area (Å²) in [4.78, 5) is 0. The highest BCUT2D eigenvalue weighted by atomic mass is 16.7. The van der Waals surface area contributed by atoms with Crippen molar-refractivity contribution in [2.24, 2.45) is 23.7 Å². The van der Waals surface area contributed by atoms with E-state index in [2.05, 4.69) is 13.8 Å². The molecular formula is C16H28O3. The molecule has 2 unspecified atom stereocenters. The van der Waals surface area contributed by atoms with E-state index in [1.807, 2.05) is 0 Å². The Kier molecular flexibility index (Phi) is 4.16. The monoisotopic (exact) mass is 268 g/mol. The fraction of sp³-hybridized carbons (Fsp3) is 1.00. The van der Waals surface area contributed by atoms with E-state index in [1.165, 1.54) is 32.1 Å². The summed E-state index contributed by atoms with van der Waals surface area (Å²) in [7, 11) is 1.77. The SMILES string of the molecule is CO[C@H]1O[C@@H]2COC(C)CC[C@H]3CCC[C@H](C32)[C@H]1C. The fourth-order valence-electron chi connectivity index (χ4n) is 4.68. The largest absolute Gasteiger partial charge is 0.376 e. The third-order valence-corrected chi connectivity index (χ3v) is 5.72. The van der Waals surface area contributed by atoms with Crippen molar-refractivity contribution < 1.29 is 14.2 Å². The topological polar surface area (TPSA) is 27.7 Å². The molecule has 7 atom stereocenters. The minimum absolute atomic E-state index is 0.0386. The van der Waals surface area contributed by atoms with Gasteiger partial charge in [0.2, 0.25) is 0 Å². The third-order valence-electron chi connectivity index (χ3n) is 5.72. The van der Waals surface area contributed by atoms with E-state index in [9.17, 15) is 0 Å². The van der Waals surface area contributed by atoms with Crippen molar-refractivity contribution in [2.45, 2.75) is 64.4 Å². The molecule has 0 N–H and O–H groups in total. The van der Waals surface area contributed by atoms with Gasteiger partial charge in [0.05, 0.1) is 18.8 Å². The molecule has 2 heterocycles. The molecule has 19 heavy (non-hydrogen) atoms. The number of hydrogen-bond acceptors (Lipinski definition) is 3. The molecule has 1 aliphatic carbocycles. The van der Waals surface area contributed by atoms with E-state index in [0.717, 1.165) is 18.4 Å². The van der Waals surface area contributed by atoms with Gasteiger partial charge in [0.25, 0.3) is 0 Å². The molecule has 3 aliphatic rings. The van der Waals surface area contributed by atoms with Crippen LogP contribution < -0.4 is 0 Å². The number of ether oxygens (including phenoxy) is 3. The lowest BCUT2D eigenvalue weighted by Gasteiger charge is -2.52. The normalized spacial score (nSPS) is 51.0. The fourth-order valence-corrected chi connectivity index (χ4v) is 4.68. The first kappa shape index (κ1) is 13.8. The minimum atomic E-state index is -0.0386. The van der Waals surface area contributed by atoms with Gasteiger partial charge in [0, 0.05) is 13.0 Å². The molecule has 0 radical (unpaired) electrons. The van der Waals surface area contributed by atoms with Crippen LogP contribution in [0.2, 0.25) is 0 Å². The Morgan fingerprint density at radius 2 is 1.89 bits per heavy atom. The predicted octanol–water partition coefficient (Wildman–Crippen LogP) is 3.23. The van der Waals surface area contributed by atoms with E-state index in [0.29, 0.717) is 17.9 Å². The van der Waals surface area contributed by atoms with Gasteiger partial charge in [-0.15, -0.1) is 0 Å². The maximum absolute atomic E-state index is 6.22. The molecule has 3 fully saturated rings. The Morgan fingerprint density at radius 1 is 1.05 bits per heavy atom. The molecule has 2 saturated heterocycles. The second-order valence-corrected chi connectivity index (χ2v) is 6.79. The maximum atomic E-state index is 6.22. The summed E-state index contributed by atoms with van der Waals surface area (Å²) in [5.41, 5.74) is 0. The van der Waals surface area contributed by atoms with E-state index >= 15 is 0 Å². The smallest absolute Gasteiger partial charge is 0.160 e. The van der Waals surface area contributed by atoms with Crippen LogP contribution in [0.5, 0.6) is 0 Å². The van der Waals surface area contributed by atoms with Crippen molar-refractivity contribution in [1.82, 2.24) is 0 Å². The lowest BCUT2D eigenvalue weighted by molar-refractivity contribution is -0.270. The van der Waals surface area contributed by atoms with Crippen molar-refractivity contribution in [3.63, 3.8) is 0 Å². The number of rotatable bonds is 1. The highest BCUT2D eigenvalue weighted by Crippen LogP contribution is 2.49. The molecule has 3 nitrogen and oxygen atoms in total. The van der Waals surface area contributed by atoms with E-state index in [-0.39, 0.29) is 12.4 Å². The van der Waals surface area contributed by atoms with Crippen LogP contribution in [0.3, 0.4) is 0 Å². The molecule has 0 amide bonds. The van der Waals surface area contributed by atoms with Crippen molar-refractivity contribution in [3.05, 3.63) is 0 Å². The summed E-state index contributed by atoms with van der Waals surface area (Å²) in [6.45, 7) is 5.25. The Balaban J connectivity index is 1.82. The van der Waals surface area contributed by atoms with Crippen LogP contribution in [-0.2, 0) is 14.2 Å². The van der Waals surface area contributed by atoms with Gasteiger partial charge in [-0.05, 0) is 43.9 Å². The summed E-state index contributed by atoms with van der Waals surface area (Å²) >= 11 is 0. The van der Waals surface area contributed by atoms with Gasteiger partial charge >= 0.3 is 0 Å². The van der Waals surface area contributed by atoms with Crippen LogP contribution >= 0.6 is 0 Å². The highest BCUT2D eigenvalue weighted by Gasteiger charge is 2.48. The van der Waals surface area contributed by atoms with Crippen molar-refractivity contribution in [2.75, 3.05) is 13.7 Å². The summed E-state index contributed by atoms with van der Waals surface area (Å²) in [5, 5.41) is 0. The lowest BCUT2D eigenvalue weighted by Crippen LogP contribution is -2.54. The van der Waals surface area contributed by atoms with Crippen molar-refractivity contribution >= 4 is 0 Å². The molecule has 0 bridgehead atoms. The second-order valence-electron chi connectivity index (χ2n) is 6.79. The lowest BCUT2D eigenvalue weighted by atomic mass is 9.62. The molecule has 3 heteroatoms. The van der Waals surface area contributed by atoms with Crippen molar-refractivity contribution in [1.29, 1.82) is 0 Å². The zero-order valence-electron chi connectivity index (χ0n) is 12.5. The molecule has 110 valence electrons. The zero-order chi connectivity index (χ0) is 13.4. The maximum Gasteiger partial charge on any atom is 0.160 e. The van der Waals surface area contributed by atoms with Gasteiger partial charge in [-0.1, -0.05) is 19.8 Å².